The van der Waals surface area contributed by atoms with Crippen LogP contribution in [-0.4, -0.2) is 9.78 Å². The Labute approximate surface area is 119 Å². The molecule has 1 aromatic heterocycles. The number of anilines is 1. The second kappa shape index (κ2) is 5.57. The molecular weight excluding hydrogens is 250 g/mol. The van der Waals surface area contributed by atoms with Crippen LogP contribution in [0.15, 0.2) is 35.1 Å². The topological polar surface area (TPSA) is 63.8 Å². The van der Waals surface area contributed by atoms with E-state index in [0.29, 0.717) is 12.2 Å². The standard InChI is InChI=1S/C16H23N3O/c1-16(2,3)14-13(17)15(20)19(18-14)11-7-10-12-8-5-4-6-9-12/h4-6,8-9,18H,7,10-11,17H2,1-3H3. The van der Waals surface area contributed by atoms with Gasteiger partial charge in [-0.1, -0.05) is 51.1 Å². The zero-order valence-electron chi connectivity index (χ0n) is 12.4. The fourth-order valence-corrected chi connectivity index (χ4v) is 2.31. The molecule has 2 aromatic rings. The van der Waals surface area contributed by atoms with Crippen LogP contribution in [0, 0.1) is 0 Å². The van der Waals surface area contributed by atoms with Crippen molar-refractivity contribution in [2.75, 3.05) is 5.73 Å². The van der Waals surface area contributed by atoms with Gasteiger partial charge in [0.15, 0.2) is 0 Å². The molecule has 0 radical (unpaired) electrons. The molecule has 20 heavy (non-hydrogen) atoms. The molecule has 0 fully saturated rings. The van der Waals surface area contributed by atoms with Crippen LogP contribution < -0.4 is 11.3 Å². The van der Waals surface area contributed by atoms with E-state index >= 15 is 0 Å². The number of aryl methyl sites for hydroxylation is 2. The maximum atomic E-state index is 12.1. The molecular formula is C16H23N3O. The number of hydrogen-bond acceptors (Lipinski definition) is 2. The van der Waals surface area contributed by atoms with Crippen LogP contribution in [0.25, 0.3) is 0 Å². The van der Waals surface area contributed by atoms with Crippen LogP contribution >= 0.6 is 0 Å². The van der Waals surface area contributed by atoms with E-state index in [4.69, 9.17) is 5.73 Å². The number of nitrogens with two attached hydrogens (primary N) is 1. The quantitative estimate of drug-likeness (QED) is 0.899. The van der Waals surface area contributed by atoms with E-state index in [1.807, 2.05) is 39.0 Å². The zero-order chi connectivity index (χ0) is 14.8. The molecule has 0 aliphatic carbocycles. The number of nitrogens with one attached hydrogen (secondary N) is 1. The summed E-state index contributed by atoms with van der Waals surface area (Å²) in [6.45, 7) is 6.79. The number of aromatic amines is 1. The van der Waals surface area contributed by atoms with Crippen molar-refractivity contribution in [1.82, 2.24) is 9.78 Å². The fraction of sp³-hybridized carbons (Fsp3) is 0.438. The van der Waals surface area contributed by atoms with E-state index in [0.717, 1.165) is 18.5 Å². The SMILES string of the molecule is CC(C)(C)c1[nH]n(CCCc2ccccc2)c(=O)c1N. The number of hydrogen-bond donors (Lipinski definition) is 2. The number of nitrogen functional groups attached to an aromatic ring is 1. The van der Waals surface area contributed by atoms with Gasteiger partial charge in [-0.2, -0.15) is 0 Å². The maximum Gasteiger partial charge on any atom is 0.289 e. The summed E-state index contributed by atoms with van der Waals surface area (Å²) in [6.07, 6.45) is 1.87. The summed E-state index contributed by atoms with van der Waals surface area (Å²) in [5.41, 5.74) is 8.11. The summed E-state index contributed by atoms with van der Waals surface area (Å²) >= 11 is 0. The third kappa shape index (κ3) is 3.13. The van der Waals surface area contributed by atoms with Gasteiger partial charge in [0.05, 0.1) is 5.69 Å². The van der Waals surface area contributed by atoms with Gasteiger partial charge in [0.25, 0.3) is 5.56 Å². The van der Waals surface area contributed by atoms with E-state index in [1.54, 1.807) is 4.68 Å². The van der Waals surface area contributed by atoms with Gasteiger partial charge in [0.2, 0.25) is 0 Å². The number of aromatic nitrogens is 2. The van der Waals surface area contributed by atoms with E-state index in [2.05, 4.69) is 17.2 Å². The van der Waals surface area contributed by atoms with Crippen molar-refractivity contribution in [2.45, 2.75) is 45.6 Å². The van der Waals surface area contributed by atoms with Crippen molar-refractivity contribution in [3.05, 3.63) is 51.9 Å². The maximum absolute atomic E-state index is 12.1. The van der Waals surface area contributed by atoms with E-state index in [1.165, 1.54) is 5.56 Å². The Balaban J connectivity index is 2.06. The molecule has 3 N–H and O–H groups in total. The lowest BCUT2D eigenvalue weighted by molar-refractivity contribution is 0.516. The van der Waals surface area contributed by atoms with Crippen LogP contribution in [0.1, 0.15) is 38.4 Å². The molecule has 0 spiro atoms. The van der Waals surface area contributed by atoms with Gasteiger partial charge >= 0.3 is 0 Å². The van der Waals surface area contributed by atoms with Crippen LogP contribution in [-0.2, 0) is 18.4 Å². The molecule has 0 saturated carbocycles. The summed E-state index contributed by atoms with van der Waals surface area (Å²) in [7, 11) is 0. The molecule has 0 saturated heterocycles. The molecule has 108 valence electrons. The summed E-state index contributed by atoms with van der Waals surface area (Å²) in [6, 6.07) is 10.3. The lowest BCUT2D eigenvalue weighted by Crippen LogP contribution is -2.19. The highest BCUT2D eigenvalue weighted by Gasteiger charge is 2.22. The lowest BCUT2D eigenvalue weighted by Gasteiger charge is -2.16. The first-order chi connectivity index (χ1) is 9.39. The highest BCUT2D eigenvalue weighted by atomic mass is 16.1. The Morgan fingerprint density at radius 3 is 2.40 bits per heavy atom. The minimum atomic E-state index is -0.145. The zero-order valence-corrected chi connectivity index (χ0v) is 12.4. The molecule has 0 bridgehead atoms. The number of nitrogens with zero attached hydrogens (tertiary/aromatic N) is 1. The third-order valence-electron chi connectivity index (χ3n) is 3.43. The molecule has 0 aliphatic rings. The predicted molar refractivity (Wildman–Crippen MR) is 82.9 cm³/mol. The smallest absolute Gasteiger partial charge is 0.289 e. The highest BCUT2D eigenvalue weighted by molar-refractivity contribution is 5.44. The summed E-state index contributed by atoms with van der Waals surface area (Å²) < 4.78 is 1.62. The van der Waals surface area contributed by atoms with Gasteiger partial charge in [0.1, 0.15) is 5.69 Å². The monoisotopic (exact) mass is 273 g/mol. The lowest BCUT2D eigenvalue weighted by atomic mass is 9.91. The van der Waals surface area contributed by atoms with Crippen molar-refractivity contribution >= 4 is 5.69 Å². The predicted octanol–water partition coefficient (Wildman–Crippen LogP) is 2.69. The molecule has 1 aromatic carbocycles. The molecule has 0 amide bonds. The number of H-pyrrole nitrogens is 1. The van der Waals surface area contributed by atoms with Crippen LogP contribution in [0.3, 0.4) is 0 Å². The van der Waals surface area contributed by atoms with Crippen molar-refractivity contribution in [1.29, 1.82) is 0 Å². The molecule has 0 aliphatic heterocycles. The Bertz CT molecular complexity index is 617. The Morgan fingerprint density at radius 1 is 1.20 bits per heavy atom. The Kier molecular flexibility index (Phi) is 4.02. The van der Waals surface area contributed by atoms with Gasteiger partial charge in [-0.25, -0.2) is 0 Å². The number of benzene rings is 1. The normalized spacial score (nSPS) is 11.8. The largest absolute Gasteiger partial charge is 0.393 e. The second-order valence-corrected chi connectivity index (χ2v) is 6.20. The van der Waals surface area contributed by atoms with E-state index in [-0.39, 0.29) is 11.0 Å². The third-order valence-corrected chi connectivity index (χ3v) is 3.43. The van der Waals surface area contributed by atoms with Crippen LogP contribution in [0.4, 0.5) is 5.69 Å². The van der Waals surface area contributed by atoms with E-state index in [9.17, 15) is 4.79 Å². The average molecular weight is 273 g/mol. The second-order valence-electron chi connectivity index (χ2n) is 6.20. The molecule has 4 nitrogen and oxygen atoms in total. The molecule has 0 atom stereocenters. The first kappa shape index (κ1) is 14.4. The van der Waals surface area contributed by atoms with Gasteiger partial charge in [0, 0.05) is 12.0 Å². The minimum Gasteiger partial charge on any atom is -0.393 e. The van der Waals surface area contributed by atoms with Gasteiger partial charge in [-0.05, 0) is 18.4 Å². The van der Waals surface area contributed by atoms with Crippen molar-refractivity contribution in [2.24, 2.45) is 0 Å². The van der Waals surface area contributed by atoms with Crippen molar-refractivity contribution < 1.29 is 0 Å². The summed E-state index contributed by atoms with van der Waals surface area (Å²) in [5.74, 6) is 0. The Morgan fingerprint density at radius 2 is 1.85 bits per heavy atom. The molecule has 0 unspecified atom stereocenters. The van der Waals surface area contributed by atoms with Gasteiger partial charge in [-0.3, -0.25) is 14.6 Å². The van der Waals surface area contributed by atoms with E-state index < -0.39 is 0 Å². The molecule has 4 heteroatoms. The average Bonchev–Trinajstić information content (AvgIpc) is 2.68. The molecule has 2 rings (SSSR count). The fourth-order valence-electron chi connectivity index (χ4n) is 2.31. The number of rotatable bonds is 4. The van der Waals surface area contributed by atoms with Gasteiger partial charge in [-0.15, -0.1) is 0 Å². The Hall–Kier alpha value is -1.97. The molecule has 1 heterocycles. The first-order valence-electron chi connectivity index (χ1n) is 7.02. The summed E-state index contributed by atoms with van der Waals surface area (Å²) in [5, 5.41) is 3.16. The van der Waals surface area contributed by atoms with Gasteiger partial charge < -0.3 is 5.73 Å². The summed E-state index contributed by atoms with van der Waals surface area (Å²) in [4.78, 5) is 12.1. The van der Waals surface area contributed by atoms with Crippen molar-refractivity contribution in [3.63, 3.8) is 0 Å². The van der Waals surface area contributed by atoms with Crippen molar-refractivity contribution in [3.8, 4) is 0 Å². The van der Waals surface area contributed by atoms with Crippen LogP contribution in [0.2, 0.25) is 0 Å². The van der Waals surface area contributed by atoms with Crippen LogP contribution in [0.5, 0.6) is 0 Å². The first-order valence-corrected chi connectivity index (χ1v) is 7.02. The minimum absolute atomic E-state index is 0.108. The highest BCUT2D eigenvalue weighted by Crippen LogP contribution is 2.23.